The SMILES string of the molecule is Cc1cc(CC(F)(F)CN)ccc1Cl. The Hall–Kier alpha value is -0.670. The van der Waals surface area contributed by atoms with Crippen LogP contribution in [-0.2, 0) is 6.42 Å². The van der Waals surface area contributed by atoms with Crippen LogP contribution in [0.3, 0.4) is 0 Å². The van der Waals surface area contributed by atoms with E-state index in [1.807, 2.05) is 0 Å². The van der Waals surface area contributed by atoms with Crippen molar-refractivity contribution in [3.8, 4) is 0 Å². The summed E-state index contributed by atoms with van der Waals surface area (Å²) < 4.78 is 25.8. The van der Waals surface area contributed by atoms with Gasteiger partial charge in [0.2, 0.25) is 0 Å². The molecule has 1 nitrogen and oxygen atoms in total. The van der Waals surface area contributed by atoms with Crippen molar-refractivity contribution in [2.75, 3.05) is 6.54 Å². The first-order valence-electron chi connectivity index (χ1n) is 4.27. The van der Waals surface area contributed by atoms with Gasteiger partial charge in [-0.1, -0.05) is 23.7 Å². The summed E-state index contributed by atoms with van der Waals surface area (Å²) in [5, 5.41) is 0.588. The van der Waals surface area contributed by atoms with E-state index in [-0.39, 0.29) is 6.42 Å². The molecule has 0 saturated heterocycles. The van der Waals surface area contributed by atoms with Crippen LogP contribution in [0, 0.1) is 6.92 Å². The first-order valence-corrected chi connectivity index (χ1v) is 4.65. The van der Waals surface area contributed by atoms with Crippen LogP contribution in [0.15, 0.2) is 18.2 Å². The van der Waals surface area contributed by atoms with Gasteiger partial charge in [-0.2, -0.15) is 0 Å². The molecular weight excluding hydrogens is 208 g/mol. The van der Waals surface area contributed by atoms with E-state index in [0.29, 0.717) is 10.6 Å². The molecule has 0 amide bonds. The third-order valence-corrected chi connectivity index (χ3v) is 2.41. The van der Waals surface area contributed by atoms with E-state index in [0.717, 1.165) is 5.56 Å². The molecule has 1 aromatic rings. The summed E-state index contributed by atoms with van der Waals surface area (Å²) in [6.45, 7) is 1.15. The van der Waals surface area contributed by atoms with E-state index in [2.05, 4.69) is 0 Å². The second-order valence-corrected chi connectivity index (χ2v) is 3.73. The number of rotatable bonds is 3. The molecule has 0 aliphatic carbocycles. The third-order valence-electron chi connectivity index (χ3n) is 1.98. The molecule has 0 unspecified atom stereocenters. The minimum absolute atomic E-state index is 0.332. The van der Waals surface area contributed by atoms with Crippen LogP contribution >= 0.6 is 11.6 Å². The lowest BCUT2D eigenvalue weighted by Gasteiger charge is -2.14. The number of aryl methyl sites for hydroxylation is 1. The van der Waals surface area contributed by atoms with Gasteiger partial charge in [-0.15, -0.1) is 0 Å². The maximum Gasteiger partial charge on any atom is 0.264 e. The maximum atomic E-state index is 12.9. The zero-order chi connectivity index (χ0) is 10.8. The Kier molecular flexibility index (Phi) is 3.45. The molecule has 1 aromatic carbocycles. The molecule has 1 rings (SSSR count). The van der Waals surface area contributed by atoms with Crippen molar-refractivity contribution < 1.29 is 8.78 Å². The predicted octanol–water partition coefficient (Wildman–Crippen LogP) is 2.78. The Labute approximate surface area is 86.9 Å². The lowest BCUT2D eigenvalue weighted by molar-refractivity contribution is 0.0115. The van der Waals surface area contributed by atoms with E-state index in [1.54, 1.807) is 25.1 Å². The van der Waals surface area contributed by atoms with Gasteiger partial charge in [0.1, 0.15) is 0 Å². The molecule has 0 heterocycles. The van der Waals surface area contributed by atoms with Crippen molar-refractivity contribution in [3.63, 3.8) is 0 Å². The molecule has 0 aliphatic rings. The summed E-state index contributed by atoms with van der Waals surface area (Å²) >= 11 is 5.77. The van der Waals surface area contributed by atoms with Crippen molar-refractivity contribution in [3.05, 3.63) is 34.3 Å². The molecule has 0 spiro atoms. The van der Waals surface area contributed by atoms with Gasteiger partial charge in [-0.25, -0.2) is 8.78 Å². The second kappa shape index (κ2) is 4.24. The molecule has 0 fully saturated rings. The van der Waals surface area contributed by atoms with Crippen LogP contribution in [0.25, 0.3) is 0 Å². The Bertz CT molecular complexity index is 326. The summed E-state index contributed by atoms with van der Waals surface area (Å²) in [5.41, 5.74) is 6.31. The van der Waals surface area contributed by atoms with Gasteiger partial charge >= 0.3 is 0 Å². The van der Waals surface area contributed by atoms with Crippen molar-refractivity contribution in [1.29, 1.82) is 0 Å². The number of hydrogen-bond acceptors (Lipinski definition) is 1. The van der Waals surface area contributed by atoms with Crippen molar-refractivity contribution in [2.45, 2.75) is 19.3 Å². The molecule has 0 aliphatic heterocycles. The van der Waals surface area contributed by atoms with E-state index in [9.17, 15) is 8.78 Å². The average Bonchev–Trinajstić information content (AvgIpc) is 2.11. The highest BCUT2D eigenvalue weighted by Crippen LogP contribution is 2.22. The highest BCUT2D eigenvalue weighted by atomic mass is 35.5. The zero-order valence-corrected chi connectivity index (χ0v) is 8.61. The Morgan fingerprint density at radius 2 is 2.07 bits per heavy atom. The number of nitrogens with two attached hydrogens (primary N) is 1. The van der Waals surface area contributed by atoms with Gasteiger partial charge in [-0.05, 0) is 24.1 Å². The number of halogens is 3. The lowest BCUT2D eigenvalue weighted by atomic mass is 10.1. The molecule has 0 saturated carbocycles. The Morgan fingerprint density at radius 3 is 2.57 bits per heavy atom. The minimum Gasteiger partial charge on any atom is -0.325 e. The van der Waals surface area contributed by atoms with Crippen molar-refractivity contribution in [1.82, 2.24) is 0 Å². The van der Waals surface area contributed by atoms with Gasteiger partial charge in [0.25, 0.3) is 5.92 Å². The maximum absolute atomic E-state index is 12.9. The molecule has 0 aromatic heterocycles. The average molecular weight is 220 g/mol. The molecule has 0 bridgehead atoms. The zero-order valence-electron chi connectivity index (χ0n) is 7.86. The largest absolute Gasteiger partial charge is 0.325 e. The quantitative estimate of drug-likeness (QED) is 0.831. The van der Waals surface area contributed by atoms with Gasteiger partial charge < -0.3 is 5.73 Å². The molecule has 4 heteroatoms. The fourth-order valence-electron chi connectivity index (χ4n) is 1.19. The van der Waals surface area contributed by atoms with Crippen LogP contribution in [0.4, 0.5) is 8.78 Å². The van der Waals surface area contributed by atoms with Crippen LogP contribution in [0.2, 0.25) is 5.02 Å². The lowest BCUT2D eigenvalue weighted by Crippen LogP contribution is -2.30. The molecular formula is C10H12ClF2N. The fourth-order valence-corrected chi connectivity index (χ4v) is 1.31. The molecule has 2 N–H and O–H groups in total. The minimum atomic E-state index is -2.83. The highest BCUT2D eigenvalue weighted by molar-refractivity contribution is 6.31. The van der Waals surface area contributed by atoms with E-state index in [4.69, 9.17) is 17.3 Å². The standard InChI is InChI=1S/C10H12ClF2N/c1-7-4-8(2-3-9(7)11)5-10(12,13)6-14/h2-4H,5-6,14H2,1H3. The van der Waals surface area contributed by atoms with Crippen LogP contribution in [0.5, 0.6) is 0 Å². The first-order chi connectivity index (χ1) is 6.44. The molecule has 78 valence electrons. The van der Waals surface area contributed by atoms with Crippen LogP contribution in [0.1, 0.15) is 11.1 Å². The fraction of sp³-hybridized carbons (Fsp3) is 0.400. The summed E-state index contributed by atoms with van der Waals surface area (Å²) in [6, 6.07) is 4.88. The van der Waals surface area contributed by atoms with Gasteiger partial charge in [0.15, 0.2) is 0 Å². The monoisotopic (exact) mass is 219 g/mol. The Morgan fingerprint density at radius 1 is 1.43 bits per heavy atom. The highest BCUT2D eigenvalue weighted by Gasteiger charge is 2.26. The molecule has 14 heavy (non-hydrogen) atoms. The summed E-state index contributed by atoms with van der Waals surface area (Å²) in [7, 11) is 0. The molecule has 0 radical (unpaired) electrons. The van der Waals surface area contributed by atoms with E-state index in [1.165, 1.54) is 0 Å². The smallest absolute Gasteiger partial charge is 0.264 e. The predicted molar refractivity (Wildman–Crippen MR) is 53.9 cm³/mol. The van der Waals surface area contributed by atoms with Gasteiger partial charge in [-0.3, -0.25) is 0 Å². The van der Waals surface area contributed by atoms with Gasteiger partial charge in [0, 0.05) is 11.4 Å². The second-order valence-electron chi connectivity index (χ2n) is 3.32. The van der Waals surface area contributed by atoms with Crippen molar-refractivity contribution >= 4 is 11.6 Å². The number of benzene rings is 1. The Balaban J connectivity index is 2.83. The summed E-state index contributed by atoms with van der Waals surface area (Å²) in [6.07, 6.45) is -0.332. The van der Waals surface area contributed by atoms with E-state index >= 15 is 0 Å². The summed E-state index contributed by atoms with van der Waals surface area (Å²) in [5.74, 6) is -2.83. The third kappa shape index (κ3) is 2.93. The number of hydrogen-bond donors (Lipinski definition) is 1. The molecule has 0 atom stereocenters. The topological polar surface area (TPSA) is 26.0 Å². The van der Waals surface area contributed by atoms with Crippen molar-refractivity contribution in [2.24, 2.45) is 5.73 Å². The van der Waals surface area contributed by atoms with Crippen LogP contribution < -0.4 is 5.73 Å². The van der Waals surface area contributed by atoms with Gasteiger partial charge in [0.05, 0.1) is 6.54 Å². The summed E-state index contributed by atoms with van der Waals surface area (Å²) in [4.78, 5) is 0. The normalized spacial score (nSPS) is 11.8. The number of alkyl halides is 2. The van der Waals surface area contributed by atoms with E-state index < -0.39 is 12.5 Å². The first kappa shape index (κ1) is 11.4. The van der Waals surface area contributed by atoms with Crippen LogP contribution in [-0.4, -0.2) is 12.5 Å².